The molecule has 0 rings (SSSR count). The number of rotatable bonds is 24. The fraction of sp³-hybridized carbons (Fsp3) is 0.895. The number of aliphatic carboxylic acids is 4. The number of hydrogen-bond acceptors (Lipinski definition) is 8. The Balaban J connectivity index is -0.000000100. The van der Waals surface area contributed by atoms with E-state index < -0.39 is 45.5 Å². The molecule has 13 heteroatoms. The molecule has 0 aromatic rings. The minimum atomic E-state index is -1.01. The first-order valence-electron chi connectivity index (χ1n) is 17.0. The van der Waals surface area contributed by atoms with Crippen LogP contribution in [0.4, 0.5) is 0 Å². The van der Waals surface area contributed by atoms with Crippen molar-refractivity contribution in [1.82, 2.24) is 0 Å². The summed E-state index contributed by atoms with van der Waals surface area (Å²) in [5, 5.41) is 37.7. The molecule has 0 spiro atoms. The van der Waals surface area contributed by atoms with Crippen molar-refractivity contribution in [3.63, 3.8) is 0 Å². The Morgan fingerprint density at radius 1 is 0.490 bits per heavy atom. The third-order valence-electron chi connectivity index (χ3n) is 7.65. The van der Waals surface area contributed by atoms with E-state index in [0.717, 1.165) is 51.4 Å². The normalized spacial score (nSPS) is 10.7. The zero-order valence-corrected chi connectivity index (χ0v) is 36.5. The van der Waals surface area contributed by atoms with E-state index in [2.05, 4.69) is 13.8 Å². The Morgan fingerprint density at radius 2 is 0.667 bits per heavy atom. The van der Waals surface area contributed by atoms with Gasteiger partial charge in [-0.2, -0.15) is 0 Å². The molecular formula is C38H79Ca2O11+. The molecule has 300 valence electrons. The summed E-state index contributed by atoms with van der Waals surface area (Å²) in [6.07, 6.45) is 10.5. The zero-order chi connectivity index (χ0) is 37.7. The van der Waals surface area contributed by atoms with E-state index in [1.54, 1.807) is 55.4 Å². The van der Waals surface area contributed by atoms with E-state index in [0.29, 0.717) is 52.1 Å². The number of unbranched alkanes of at least 4 members (excludes halogenated alkanes) is 4. The van der Waals surface area contributed by atoms with Crippen LogP contribution >= 0.6 is 0 Å². The molecule has 0 aliphatic rings. The van der Waals surface area contributed by atoms with Crippen LogP contribution in [0.3, 0.4) is 0 Å². The maximum atomic E-state index is 10.9. The minimum absolute atomic E-state index is 0. The van der Waals surface area contributed by atoms with Crippen LogP contribution in [-0.2, 0) is 30.1 Å². The van der Waals surface area contributed by atoms with Gasteiger partial charge >= 0.3 is 93.0 Å². The van der Waals surface area contributed by atoms with Crippen LogP contribution in [0.15, 0.2) is 0 Å². The Kier molecular flexibility index (Phi) is 53.9. The van der Waals surface area contributed by atoms with Gasteiger partial charge in [0, 0.05) is 37.8 Å². The molecule has 3 N–H and O–H groups in total. The summed E-state index contributed by atoms with van der Waals surface area (Å²) in [6.45, 7) is 20.5. The molecule has 0 heterocycles. The second-order valence-corrected chi connectivity index (χ2v) is 14.5. The number of carbonyl (C=O) groups excluding carboxylic acids is 1. The first-order valence-corrected chi connectivity index (χ1v) is 17.9. The van der Waals surface area contributed by atoms with Crippen molar-refractivity contribution in [2.24, 2.45) is 21.7 Å². The van der Waals surface area contributed by atoms with Crippen LogP contribution in [0.1, 0.15) is 175 Å². The Hall–Kier alpha value is 0.119. The molecule has 0 saturated heterocycles. The Morgan fingerprint density at radius 3 is 0.824 bits per heavy atom. The molecule has 0 aromatic heterocycles. The average molecular weight is 792 g/mol. The fourth-order valence-corrected chi connectivity index (χ4v) is 3.71. The van der Waals surface area contributed by atoms with Crippen LogP contribution in [0.5, 0.6) is 0 Å². The van der Waals surface area contributed by atoms with Crippen molar-refractivity contribution in [2.75, 3.05) is 26.4 Å². The van der Waals surface area contributed by atoms with E-state index in [4.69, 9.17) is 26.2 Å². The predicted octanol–water partition coefficient (Wildman–Crippen LogP) is 8.24. The average Bonchev–Trinajstić information content (AvgIpc) is 2.96. The van der Waals surface area contributed by atoms with Crippen molar-refractivity contribution in [1.29, 1.82) is 0 Å². The van der Waals surface area contributed by atoms with Gasteiger partial charge in [0.2, 0.25) is 0 Å². The topological polar surface area (TPSA) is 188 Å². The second-order valence-electron chi connectivity index (χ2n) is 14.5. The van der Waals surface area contributed by atoms with Gasteiger partial charge in [-0.25, -0.2) is 0 Å². The van der Waals surface area contributed by atoms with Crippen molar-refractivity contribution in [3.05, 3.63) is 0 Å². The first kappa shape index (κ1) is 69.1. The molecule has 0 aromatic carbocycles. The zero-order valence-electron chi connectivity index (χ0n) is 32.0. The van der Waals surface area contributed by atoms with Crippen molar-refractivity contribution >= 4 is 97.5 Å². The van der Waals surface area contributed by atoms with Crippen LogP contribution in [0.2, 0.25) is 0 Å². The van der Waals surface area contributed by atoms with Gasteiger partial charge in [0.15, 0.2) is 0 Å². The molecule has 11 nitrogen and oxygen atoms in total. The van der Waals surface area contributed by atoms with E-state index in [9.17, 15) is 24.3 Å². The van der Waals surface area contributed by atoms with Gasteiger partial charge in [0.05, 0.1) is 16.2 Å². The second kappa shape index (κ2) is 39.8. The van der Waals surface area contributed by atoms with Crippen LogP contribution in [0, 0.1) is 21.7 Å². The quantitative estimate of drug-likeness (QED) is 0.0631. The number of hydrogen-bond donors (Lipinski definition) is 3. The van der Waals surface area contributed by atoms with Gasteiger partial charge in [0.25, 0.3) is 0 Å². The van der Waals surface area contributed by atoms with Gasteiger partial charge in [-0.05, 0) is 92.9 Å². The number of carboxylic acids is 4. The third-order valence-corrected chi connectivity index (χ3v) is 7.65. The first-order chi connectivity index (χ1) is 21.6. The summed E-state index contributed by atoms with van der Waals surface area (Å²) in [7, 11) is 0. The monoisotopic (exact) mass is 791 g/mol. The Bertz CT molecular complexity index is 716. The molecule has 0 fully saturated rings. The predicted molar refractivity (Wildman–Crippen MR) is 208 cm³/mol. The molecule has 0 radical (unpaired) electrons. The molecule has 0 aliphatic carbocycles. The van der Waals surface area contributed by atoms with Crippen LogP contribution < -0.4 is 5.11 Å². The Labute approximate surface area is 367 Å². The molecular weight excluding hydrogens is 713 g/mol. The van der Waals surface area contributed by atoms with Crippen LogP contribution in [0.25, 0.3) is 0 Å². The van der Waals surface area contributed by atoms with Gasteiger partial charge in [-0.1, -0.05) is 82.1 Å². The SMILES string of the molecule is C.C.C.CC(C)(CCCCOCCCCC(C)(C)C(=O)O)C(=O)O.CC(C)(CCCCOCCCCC(C)(C)C(=O)O)C(=O)[O-].CCC.[Ca+2].[O]=[Ca]. The van der Waals surface area contributed by atoms with E-state index in [1.807, 2.05) is 0 Å². The fourth-order valence-electron chi connectivity index (χ4n) is 3.71. The van der Waals surface area contributed by atoms with Crippen molar-refractivity contribution in [3.8, 4) is 0 Å². The summed E-state index contributed by atoms with van der Waals surface area (Å²) in [4.78, 5) is 43.5. The third kappa shape index (κ3) is 42.7. The van der Waals surface area contributed by atoms with Crippen molar-refractivity contribution < 1.29 is 50.5 Å². The van der Waals surface area contributed by atoms with Gasteiger partial charge in [-0.15, -0.1) is 0 Å². The summed E-state index contributed by atoms with van der Waals surface area (Å²) in [5.74, 6) is -3.29. The van der Waals surface area contributed by atoms with Gasteiger partial charge in [-0.3, -0.25) is 14.4 Å². The number of ether oxygens (including phenoxy) is 2. The maximum absolute atomic E-state index is 10.9. The van der Waals surface area contributed by atoms with E-state index in [-0.39, 0.29) is 95.9 Å². The molecule has 0 saturated carbocycles. The molecule has 0 bridgehead atoms. The number of carboxylic acid groups (broad SMARTS) is 4. The molecule has 0 atom stereocenters. The van der Waals surface area contributed by atoms with Gasteiger partial charge in [0.1, 0.15) is 0 Å². The summed E-state index contributed by atoms with van der Waals surface area (Å²) in [5.41, 5.74) is -2.77. The molecule has 0 aliphatic heterocycles. The molecule has 51 heavy (non-hydrogen) atoms. The number of carbonyl (C=O) groups is 4. The van der Waals surface area contributed by atoms with E-state index in [1.165, 1.54) is 6.42 Å². The summed E-state index contributed by atoms with van der Waals surface area (Å²) >= 11 is 0.125. The summed E-state index contributed by atoms with van der Waals surface area (Å²) < 4.78 is 19.3. The van der Waals surface area contributed by atoms with Crippen molar-refractivity contribution in [2.45, 2.75) is 175 Å². The molecule has 0 amide bonds. The van der Waals surface area contributed by atoms with E-state index >= 15 is 0 Å². The van der Waals surface area contributed by atoms with Crippen LogP contribution in [-0.4, -0.2) is 139 Å². The standard InChI is InChI=1S/2C16H30O5.C3H8.3CH4.2Ca.O/c2*1-15(2,13(17)18)9-5-7-11-21-12-8-6-10-16(3,4)14(19)20;1-3-2;;;;;;/h2*5-12H2,1-4H3,(H,17,18)(H,19,20);3H2,1-2H3;3*1H4;;;/q;;;;;;;+2;/p-1. The molecule has 0 unspecified atom stereocenters. The summed E-state index contributed by atoms with van der Waals surface area (Å²) in [6, 6.07) is 0. The van der Waals surface area contributed by atoms with Gasteiger partial charge < -0.3 is 34.7 Å².